The van der Waals surface area contributed by atoms with Crippen molar-refractivity contribution in [1.29, 1.82) is 0 Å². The van der Waals surface area contributed by atoms with Crippen molar-refractivity contribution >= 4 is 0 Å². The molecule has 0 aromatic carbocycles. The third-order valence-corrected chi connectivity index (χ3v) is 4.87. The second-order valence-electron chi connectivity index (χ2n) is 6.75. The molecular weight excluding hydrogens is 248 g/mol. The molecule has 1 aliphatic heterocycles. The molecule has 2 unspecified atom stereocenters. The summed E-state index contributed by atoms with van der Waals surface area (Å²) in [4.78, 5) is 2.64. The Morgan fingerprint density at radius 1 is 1.20 bits per heavy atom. The smallest absolute Gasteiger partial charge is 0.0673 e. The summed E-state index contributed by atoms with van der Waals surface area (Å²) < 4.78 is 5.78. The summed E-state index contributed by atoms with van der Waals surface area (Å²) in [6.45, 7) is 10.1. The maximum absolute atomic E-state index is 5.78. The van der Waals surface area contributed by atoms with Crippen molar-refractivity contribution in [2.45, 2.75) is 70.9 Å². The fourth-order valence-corrected chi connectivity index (χ4v) is 3.77. The molecule has 2 atom stereocenters. The average Bonchev–Trinajstić information content (AvgIpc) is 2.68. The maximum atomic E-state index is 5.78. The number of nitrogens with zero attached hydrogens (tertiary/aromatic N) is 1. The van der Waals surface area contributed by atoms with E-state index in [1.807, 2.05) is 0 Å². The number of rotatable bonds is 6. The quantitative estimate of drug-likeness (QED) is 0.810. The average molecular weight is 282 g/mol. The van der Waals surface area contributed by atoms with Crippen LogP contribution in [0.15, 0.2) is 0 Å². The monoisotopic (exact) mass is 282 g/mol. The van der Waals surface area contributed by atoms with Crippen LogP contribution >= 0.6 is 0 Å². The van der Waals surface area contributed by atoms with Crippen LogP contribution in [0.2, 0.25) is 0 Å². The minimum atomic E-state index is 0.399. The van der Waals surface area contributed by atoms with Crippen molar-refractivity contribution in [2.24, 2.45) is 5.92 Å². The minimum absolute atomic E-state index is 0.399. The largest absolute Gasteiger partial charge is 0.377 e. The van der Waals surface area contributed by atoms with Gasteiger partial charge in [-0.2, -0.15) is 0 Å². The molecule has 2 aliphatic rings. The van der Waals surface area contributed by atoms with Crippen LogP contribution in [0.3, 0.4) is 0 Å². The molecule has 3 heteroatoms. The van der Waals surface area contributed by atoms with Crippen molar-refractivity contribution in [3.8, 4) is 0 Å². The van der Waals surface area contributed by atoms with Gasteiger partial charge in [0.2, 0.25) is 0 Å². The van der Waals surface area contributed by atoms with Crippen LogP contribution in [0.5, 0.6) is 0 Å². The fraction of sp³-hybridized carbons (Fsp3) is 1.00. The molecule has 0 aromatic rings. The van der Waals surface area contributed by atoms with Crippen molar-refractivity contribution in [1.82, 2.24) is 10.2 Å². The molecule has 1 saturated carbocycles. The first kappa shape index (κ1) is 16.3. The molecular formula is C17H34N2O. The Bertz CT molecular complexity index is 253. The lowest BCUT2D eigenvalue weighted by molar-refractivity contribution is 0.0644. The number of hydrogen-bond acceptors (Lipinski definition) is 3. The molecule has 1 heterocycles. The van der Waals surface area contributed by atoms with Gasteiger partial charge in [-0.15, -0.1) is 0 Å². The van der Waals surface area contributed by atoms with E-state index in [1.54, 1.807) is 0 Å². The Labute approximate surface area is 125 Å². The highest BCUT2D eigenvalue weighted by Crippen LogP contribution is 2.27. The first-order valence-corrected chi connectivity index (χ1v) is 8.87. The molecule has 2 rings (SSSR count). The number of hydrogen-bond donors (Lipinski definition) is 1. The standard InChI is InChI=1S/C17H34N2O/c1-3-10-18-17(16-8-5-4-6-9-16)14-19-11-7-12-20-15(2)13-19/h15-18H,3-14H2,1-2H3. The van der Waals surface area contributed by atoms with Gasteiger partial charge < -0.3 is 10.1 Å². The first-order chi connectivity index (χ1) is 9.79. The molecule has 1 aliphatic carbocycles. The Morgan fingerprint density at radius 2 is 2.00 bits per heavy atom. The Morgan fingerprint density at radius 3 is 2.75 bits per heavy atom. The van der Waals surface area contributed by atoms with E-state index in [9.17, 15) is 0 Å². The number of nitrogens with one attached hydrogen (secondary N) is 1. The van der Waals surface area contributed by atoms with Gasteiger partial charge in [0.1, 0.15) is 0 Å². The maximum Gasteiger partial charge on any atom is 0.0673 e. The van der Waals surface area contributed by atoms with Crippen LogP contribution in [-0.4, -0.2) is 49.8 Å². The zero-order chi connectivity index (χ0) is 14.2. The molecule has 118 valence electrons. The highest BCUT2D eigenvalue weighted by Gasteiger charge is 2.26. The lowest BCUT2D eigenvalue weighted by atomic mass is 9.83. The number of ether oxygens (including phenoxy) is 1. The van der Waals surface area contributed by atoms with E-state index in [1.165, 1.54) is 64.6 Å². The molecule has 1 N–H and O–H groups in total. The van der Waals surface area contributed by atoms with Gasteiger partial charge >= 0.3 is 0 Å². The summed E-state index contributed by atoms with van der Waals surface area (Å²) in [5, 5.41) is 3.84. The Hall–Kier alpha value is -0.120. The zero-order valence-corrected chi connectivity index (χ0v) is 13.6. The third kappa shape index (κ3) is 5.34. The molecule has 20 heavy (non-hydrogen) atoms. The van der Waals surface area contributed by atoms with Gasteiger partial charge in [-0.25, -0.2) is 0 Å². The molecule has 0 aromatic heterocycles. The summed E-state index contributed by atoms with van der Waals surface area (Å²) in [5.74, 6) is 0.898. The van der Waals surface area contributed by atoms with Crippen molar-refractivity contribution in [3.05, 3.63) is 0 Å². The molecule has 0 radical (unpaired) electrons. The van der Waals surface area contributed by atoms with Crippen LogP contribution < -0.4 is 5.32 Å². The van der Waals surface area contributed by atoms with E-state index in [0.717, 1.165) is 19.1 Å². The van der Waals surface area contributed by atoms with E-state index in [-0.39, 0.29) is 0 Å². The third-order valence-electron chi connectivity index (χ3n) is 4.87. The topological polar surface area (TPSA) is 24.5 Å². The second-order valence-corrected chi connectivity index (χ2v) is 6.75. The Balaban J connectivity index is 1.87. The minimum Gasteiger partial charge on any atom is -0.377 e. The summed E-state index contributed by atoms with van der Waals surface area (Å²) >= 11 is 0. The van der Waals surface area contributed by atoms with Crippen molar-refractivity contribution in [2.75, 3.05) is 32.8 Å². The van der Waals surface area contributed by atoms with Crippen LogP contribution in [0.1, 0.15) is 58.8 Å². The molecule has 0 spiro atoms. The summed E-state index contributed by atoms with van der Waals surface area (Å²) in [6.07, 6.45) is 10.0. The molecule has 1 saturated heterocycles. The zero-order valence-electron chi connectivity index (χ0n) is 13.6. The normalized spacial score (nSPS) is 28.2. The van der Waals surface area contributed by atoms with Crippen LogP contribution in [-0.2, 0) is 4.74 Å². The first-order valence-electron chi connectivity index (χ1n) is 8.87. The van der Waals surface area contributed by atoms with Gasteiger partial charge in [0.15, 0.2) is 0 Å². The molecule has 0 bridgehead atoms. The molecule has 3 nitrogen and oxygen atoms in total. The van der Waals surface area contributed by atoms with Gasteiger partial charge in [0.05, 0.1) is 6.10 Å². The van der Waals surface area contributed by atoms with E-state index < -0.39 is 0 Å². The van der Waals surface area contributed by atoms with Crippen LogP contribution in [0.25, 0.3) is 0 Å². The van der Waals surface area contributed by atoms with Crippen LogP contribution in [0, 0.1) is 5.92 Å². The van der Waals surface area contributed by atoms with E-state index in [4.69, 9.17) is 4.74 Å². The SMILES string of the molecule is CCCNC(CN1CCCOC(C)C1)C1CCCCC1. The van der Waals surface area contributed by atoms with Crippen molar-refractivity contribution in [3.63, 3.8) is 0 Å². The lowest BCUT2D eigenvalue weighted by Crippen LogP contribution is -2.47. The van der Waals surface area contributed by atoms with Gasteiger partial charge in [-0.1, -0.05) is 26.2 Å². The molecule has 2 fully saturated rings. The highest BCUT2D eigenvalue weighted by molar-refractivity contribution is 4.83. The second kappa shape index (κ2) is 9.01. The van der Waals surface area contributed by atoms with E-state index >= 15 is 0 Å². The van der Waals surface area contributed by atoms with Crippen molar-refractivity contribution < 1.29 is 4.74 Å². The van der Waals surface area contributed by atoms with Crippen LogP contribution in [0.4, 0.5) is 0 Å². The summed E-state index contributed by atoms with van der Waals surface area (Å²) in [7, 11) is 0. The Kier molecular flexibility index (Phi) is 7.32. The van der Waals surface area contributed by atoms with Gasteiger partial charge in [0.25, 0.3) is 0 Å². The predicted molar refractivity (Wildman–Crippen MR) is 85.1 cm³/mol. The van der Waals surface area contributed by atoms with E-state index in [2.05, 4.69) is 24.1 Å². The lowest BCUT2D eigenvalue weighted by Gasteiger charge is -2.35. The van der Waals surface area contributed by atoms with Gasteiger partial charge in [-0.3, -0.25) is 4.90 Å². The summed E-state index contributed by atoms with van der Waals surface area (Å²) in [6, 6.07) is 0.695. The predicted octanol–water partition coefficient (Wildman–Crippen LogP) is 3.05. The summed E-state index contributed by atoms with van der Waals surface area (Å²) in [5.41, 5.74) is 0. The molecule has 0 amide bonds. The van der Waals surface area contributed by atoms with Gasteiger partial charge in [-0.05, 0) is 45.1 Å². The van der Waals surface area contributed by atoms with Gasteiger partial charge in [0, 0.05) is 32.3 Å². The fourth-order valence-electron chi connectivity index (χ4n) is 3.77. The van der Waals surface area contributed by atoms with E-state index in [0.29, 0.717) is 12.1 Å². The highest BCUT2D eigenvalue weighted by atomic mass is 16.5.